The second-order valence-electron chi connectivity index (χ2n) is 6.50. The highest BCUT2D eigenvalue weighted by atomic mass is 32.2. The zero-order valence-electron chi connectivity index (χ0n) is 14.1. The van der Waals surface area contributed by atoms with Gasteiger partial charge in [-0.1, -0.05) is 12.1 Å². The highest BCUT2D eigenvalue weighted by molar-refractivity contribution is 8.00. The van der Waals surface area contributed by atoms with Crippen LogP contribution in [0.1, 0.15) is 25.7 Å². The topological polar surface area (TPSA) is 53.9 Å². The van der Waals surface area contributed by atoms with Gasteiger partial charge in [0.2, 0.25) is 11.8 Å². The molecule has 1 saturated heterocycles. The van der Waals surface area contributed by atoms with E-state index in [-0.39, 0.29) is 18.4 Å². The normalized spacial score (nSPS) is 18.8. The summed E-state index contributed by atoms with van der Waals surface area (Å²) in [6, 6.07) is 7.78. The Balaban J connectivity index is 1.49. The predicted molar refractivity (Wildman–Crippen MR) is 96.6 cm³/mol. The number of thioether (sulfide) groups is 1. The molecule has 2 heterocycles. The number of quaternary nitrogens is 1. The fourth-order valence-electron chi connectivity index (χ4n) is 3.38. The van der Waals surface area contributed by atoms with Crippen molar-refractivity contribution < 1.29 is 14.5 Å². The molecule has 3 rings (SSSR count). The van der Waals surface area contributed by atoms with E-state index in [1.807, 2.05) is 24.3 Å². The van der Waals surface area contributed by atoms with Crippen LogP contribution in [0.2, 0.25) is 0 Å². The molecule has 130 valence electrons. The number of likely N-dealkylation sites (tertiary alicyclic amines) is 1. The molecule has 0 bridgehead atoms. The molecule has 6 heteroatoms. The number of amides is 2. The standard InChI is InChI=1S/C18H25N3O2S/c22-17(19-9-12-20-10-5-1-2-6-11-20)13-21-15-7-3-4-8-16(15)24-14-18(21)23/h3-4,7-8H,1-2,5-6,9-14H2,(H,19,22)/p+1. The molecule has 0 aliphatic carbocycles. The zero-order valence-corrected chi connectivity index (χ0v) is 14.9. The van der Waals surface area contributed by atoms with Crippen LogP contribution >= 0.6 is 11.8 Å². The van der Waals surface area contributed by atoms with E-state index in [1.165, 1.54) is 38.8 Å². The maximum atomic E-state index is 12.3. The van der Waals surface area contributed by atoms with Crippen LogP contribution in [-0.2, 0) is 9.59 Å². The number of benzene rings is 1. The van der Waals surface area contributed by atoms with Crippen LogP contribution in [0, 0.1) is 0 Å². The number of anilines is 1. The molecule has 1 aromatic carbocycles. The van der Waals surface area contributed by atoms with E-state index < -0.39 is 0 Å². The lowest BCUT2D eigenvalue weighted by Gasteiger charge is -2.28. The van der Waals surface area contributed by atoms with E-state index >= 15 is 0 Å². The quantitative estimate of drug-likeness (QED) is 0.824. The van der Waals surface area contributed by atoms with E-state index in [1.54, 1.807) is 21.6 Å². The molecule has 1 aromatic rings. The van der Waals surface area contributed by atoms with Gasteiger partial charge >= 0.3 is 0 Å². The number of rotatable bonds is 5. The Labute approximate surface area is 147 Å². The van der Waals surface area contributed by atoms with E-state index in [0.717, 1.165) is 17.1 Å². The van der Waals surface area contributed by atoms with E-state index in [4.69, 9.17) is 0 Å². The summed E-state index contributed by atoms with van der Waals surface area (Å²) in [6.45, 7) is 4.21. The molecule has 2 amide bonds. The SMILES string of the molecule is O=C(CN1C(=O)CSc2ccccc21)NCC[NH+]1CCCCCC1. The van der Waals surface area contributed by atoms with Crippen molar-refractivity contribution in [3.05, 3.63) is 24.3 Å². The van der Waals surface area contributed by atoms with Gasteiger partial charge < -0.3 is 15.1 Å². The minimum Gasteiger partial charge on any atom is -0.349 e. The summed E-state index contributed by atoms with van der Waals surface area (Å²) < 4.78 is 0. The van der Waals surface area contributed by atoms with Crippen LogP contribution < -0.4 is 15.1 Å². The van der Waals surface area contributed by atoms with Gasteiger partial charge in [-0.15, -0.1) is 11.8 Å². The van der Waals surface area contributed by atoms with Gasteiger partial charge in [0.15, 0.2) is 0 Å². The Morgan fingerprint density at radius 3 is 2.71 bits per heavy atom. The summed E-state index contributed by atoms with van der Waals surface area (Å²) in [6.07, 6.45) is 5.26. The smallest absolute Gasteiger partial charge is 0.240 e. The number of fused-ring (bicyclic) bond motifs is 1. The average molecular weight is 348 g/mol. The maximum Gasteiger partial charge on any atom is 0.240 e. The Bertz CT molecular complexity index is 585. The molecule has 1 fully saturated rings. The Morgan fingerprint density at radius 1 is 1.17 bits per heavy atom. The molecule has 0 spiro atoms. The number of nitrogens with zero attached hydrogens (tertiary/aromatic N) is 1. The highest BCUT2D eigenvalue weighted by Gasteiger charge is 2.26. The predicted octanol–water partition coefficient (Wildman–Crippen LogP) is 0.700. The van der Waals surface area contributed by atoms with Gasteiger partial charge in [0.1, 0.15) is 6.54 Å². The van der Waals surface area contributed by atoms with E-state index in [9.17, 15) is 9.59 Å². The van der Waals surface area contributed by atoms with Crippen LogP contribution in [0.5, 0.6) is 0 Å². The summed E-state index contributed by atoms with van der Waals surface area (Å²) in [5, 5.41) is 2.99. The van der Waals surface area contributed by atoms with Crippen LogP contribution in [0.25, 0.3) is 0 Å². The third-order valence-corrected chi connectivity index (χ3v) is 5.77. The van der Waals surface area contributed by atoms with Gasteiger partial charge in [0.05, 0.1) is 37.6 Å². The van der Waals surface area contributed by atoms with Crippen molar-refractivity contribution in [3.63, 3.8) is 0 Å². The van der Waals surface area contributed by atoms with Gasteiger partial charge in [-0.25, -0.2) is 0 Å². The minimum atomic E-state index is -0.0701. The van der Waals surface area contributed by atoms with Gasteiger partial charge in [0, 0.05) is 4.90 Å². The molecule has 0 aromatic heterocycles. The van der Waals surface area contributed by atoms with Crippen LogP contribution in [0.3, 0.4) is 0 Å². The van der Waals surface area contributed by atoms with Crippen molar-refractivity contribution in [1.29, 1.82) is 0 Å². The molecule has 2 N–H and O–H groups in total. The highest BCUT2D eigenvalue weighted by Crippen LogP contribution is 2.34. The fraction of sp³-hybridized carbons (Fsp3) is 0.556. The summed E-state index contributed by atoms with van der Waals surface area (Å²) in [5.41, 5.74) is 0.854. The van der Waals surface area contributed by atoms with Gasteiger partial charge in [0.25, 0.3) is 0 Å². The maximum absolute atomic E-state index is 12.3. The lowest BCUT2D eigenvalue weighted by atomic mass is 10.2. The molecule has 5 nitrogen and oxygen atoms in total. The monoisotopic (exact) mass is 348 g/mol. The number of nitrogens with one attached hydrogen (secondary N) is 2. The average Bonchev–Trinajstić information content (AvgIpc) is 2.86. The second-order valence-corrected chi connectivity index (χ2v) is 7.52. The number of hydrogen-bond acceptors (Lipinski definition) is 3. The summed E-state index contributed by atoms with van der Waals surface area (Å²) >= 11 is 1.54. The lowest BCUT2D eigenvalue weighted by molar-refractivity contribution is -0.898. The molecular formula is C18H26N3O2S+. The van der Waals surface area contributed by atoms with Crippen molar-refractivity contribution in [2.75, 3.05) is 43.4 Å². The number of hydrogen-bond donors (Lipinski definition) is 2. The molecule has 0 atom stereocenters. The van der Waals surface area contributed by atoms with Crippen LogP contribution in [0.4, 0.5) is 5.69 Å². The number of carbonyl (C=O) groups excluding carboxylic acids is 2. The minimum absolute atomic E-state index is 0.00648. The first-order valence-electron chi connectivity index (χ1n) is 8.86. The molecule has 0 saturated carbocycles. The largest absolute Gasteiger partial charge is 0.349 e. The van der Waals surface area contributed by atoms with E-state index in [2.05, 4.69) is 5.32 Å². The zero-order chi connectivity index (χ0) is 16.8. The van der Waals surface area contributed by atoms with Crippen molar-refractivity contribution in [3.8, 4) is 0 Å². The molecule has 2 aliphatic heterocycles. The molecule has 2 aliphatic rings. The first-order chi connectivity index (χ1) is 11.7. The van der Waals surface area contributed by atoms with Crippen molar-refractivity contribution >= 4 is 29.3 Å². The second kappa shape index (κ2) is 8.53. The Morgan fingerprint density at radius 2 is 1.92 bits per heavy atom. The first-order valence-corrected chi connectivity index (χ1v) is 9.85. The lowest BCUT2D eigenvalue weighted by Crippen LogP contribution is -3.12. The van der Waals surface area contributed by atoms with Crippen LogP contribution in [0.15, 0.2) is 29.2 Å². The summed E-state index contributed by atoms with van der Waals surface area (Å²) in [7, 11) is 0. The van der Waals surface area contributed by atoms with Gasteiger partial charge in [-0.3, -0.25) is 9.59 Å². The van der Waals surface area contributed by atoms with Gasteiger partial charge in [-0.2, -0.15) is 0 Å². The summed E-state index contributed by atoms with van der Waals surface area (Å²) in [5.74, 6) is 0.341. The summed E-state index contributed by atoms with van der Waals surface area (Å²) in [4.78, 5) is 28.7. The number of para-hydroxylation sites is 1. The Kier molecular flexibility index (Phi) is 6.15. The molecule has 24 heavy (non-hydrogen) atoms. The van der Waals surface area contributed by atoms with Crippen molar-refractivity contribution in [1.82, 2.24) is 5.32 Å². The van der Waals surface area contributed by atoms with Crippen LogP contribution in [-0.4, -0.2) is 50.3 Å². The van der Waals surface area contributed by atoms with Crippen molar-refractivity contribution in [2.24, 2.45) is 0 Å². The number of carbonyl (C=O) groups is 2. The molecular weight excluding hydrogens is 322 g/mol. The molecule has 0 radical (unpaired) electrons. The fourth-order valence-corrected chi connectivity index (χ4v) is 4.32. The van der Waals surface area contributed by atoms with Crippen molar-refractivity contribution in [2.45, 2.75) is 30.6 Å². The van der Waals surface area contributed by atoms with Gasteiger partial charge in [-0.05, 0) is 37.8 Å². The molecule has 0 unspecified atom stereocenters. The third-order valence-electron chi connectivity index (χ3n) is 4.72. The first kappa shape index (κ1) is 17.3. The third kappa shape index (κ3) is 4.51. The Hall–Kier alpha value is -1.53. The van der Waals surface area contributed by atoms with E-state index in [0.29, 0.717) is 12.3 Å².